The van der Waals surface area contributed by atoms with Crippen LogP contribution in [0.15, 0.2) is 12.7 Å². The molecule has 1 unspecified atom stereocenters. The van der Waals surface area contributed by atoms with Crippen molar-refractivity contribution in [2.75, 3.05) is 6.61 Å². The van der Waals surface area contributed by atoms with Gasteiger partial charge in [0.1, 0.15) is 0 Å². The van der Waals surface area contributed by atoms with Gasteiger partial charge >= 0.3 is 11.9 Å². The molecule has 0 bridgehead atoms. The molecular weight excluding hydrogens is 412 g/mol. The lowest BCUT2D eigenvalue weighted by Crippen LogP contribution is -2.12. The molecule has 0 heterocycles. The van der Waals surface area contributed by atoms with Gasteiger partial charge in [0.2, 0.25) is 0 Å². The van der Waals surface area contributed by atoms with Crippen LogP contribution in [0.2, 0.25) is 0 Å². The van der Waals surface area contributed by atoms with Gasteiger partial charge in [0, 0.05) is 12.5 Å². The topological polar surface area (TPSA) is 63.6 Å². The van der Waals surface area contributed by atoms with Gasteiger partial charge in [-0.2, -0.15) is 0 Å². The molecule has 0 aromatic rings. The molecule has 0 fully saturated rings. The minimum absolute atomic E-state index is 0.310. The summed E-state index contributed by atoms with van der Waals surface area (Å²) in [5, 5.41) is 8.52. The van der Waals surface area contributed by atoms with Gasteiger partial charge in [-0.25, -0.2) is 4.79 Å². The minimum Gasteiger partial charge on any atom is -0.481 e. The number of carbonyl (C=O) groups is 2. The number of carbonyl (C=O) groups excluding carboxylic acids is 1. The van der Waals surface area contributed by atoms with E-state index in [2.05, 4.69) is 27.4 Å². The summed E-state index contributed by atoms with van der Waals surface area (Å²) in [5.74, 6) is -0.446. The van der Waals surface area contributed by atoms with Crippen molar-refractivity contribution < 1.29 is 19.4 Å². The summed E-state index contributed by atoms with van der Waals surface area (Å²) in [6.07, 6.45) is 26.1. The van der Waals surface area contributed by atoms with E-state index in [1.54, 1.807) is 0 Å². The second-order valence-electron chi connectivity index (χ2n) is 9.34. The van der Waals surface area contributed by atoms with Gasteiger partial charge in [0.25, 0.3) is 0 Å². The Morgan fingerprint density at radius 1 is 0.727 bits per heavy atom. The maximum Gasteiger partial charge on any atom is 0.330 e. The number of aliphatic carboxylic acids is 1. The Kier molecular flexibility index (Phi) is 29.5. The van der Waals surface area contributed by atoms with E-state index >= 15 is 0 Å². The zero-order valence-electron chi connectivity index (χ0n) is 22.4. The Balaban J connectivity index is 0. The van der Waals surface area contributed by atoms with Crippen LogP contribution in [0.4, 0.5) is 0 Å². The minimum atomic E-state index is -0.653. The highest BCUT2D eigenvalue weighted by Gasteiger charge is 2.07. The highest BCUT2D eigenvalue weighted by atomic mass is 16.5. The molecule has 1 atom stereocenters. The van der Waals surface area contributed by atoms with Crippen LogP contribution in [-0.2, 0) is 14.3 Å². The molecular formula is C29H56O4. The monoisotopic (exact) mass is 468 g/mol. The third kappa shape index (κ3) is 30.7. The fourth-order valence-corrected chi connectivity index (χ4v) is 3.80. The normalized spacial score (nSPS) is 11.4. The summed E-state index contributed by atoms with van der Waals surface area (Å²) in [6.45, 7) is 10.5. The lowest BCUT2D eigenvalue weighted by molar-refractivity contribution is -0.139. The van der Waals surface area contributed by atoms with Gasteiger partial charge in [-0.1, -0.05) is 137 Å². The number of hydrogen-bond donors (Lipinski definition) is 1. The Bertz CT molecular complexity index is 433. The van der Waals surface area contributed by atoms with E-state index in [9.17, 15) is 9.59 Å². The lowest BCUT2D eigenvalue weighted by Gasteiger charge is -2.13. The highest BCUT2D eigenvalue weighted by Crippen LogP contribution is 2.14. The average Bonchev–Trinajstić information content (AvgIpc) is 2.81. The molecule has 33 heavy (non-hydrogen) atoms. The van der Waals surface area contributed by atoms with E-state index in [1.165, 1.54) is 102 Å². The van der Waals surface area contributed by atoms with Gasteiger partial charge < -0.3 is 9.84 Å². The van der Waals surface area contributed by atoms with E-state index in [-0.39, 0.29) is 5.97 Å². The summed E-state index contributed by atoms with van der Waals surface area (Å²) < 4.78 is 4.98. The van der Waals surface area contributed by atoms with Crippen LogP contribution >= 0.6 is 0 Å². The molecule has 1 N–H and O–H groups in total. The molecule has 0 rings (SSSR count). The summed E-state index contributed by atoms with van der Waals surface area (Å²) in [5.41, 5.74) is 0. The first-order valence-corrected chi connectivity index (χ1v) is 14.0. The first kappa shape index (κ1) is 33.9. The predicted molar refractivity (Wildman–Crippen MR) is 142 cm³/mol. The first-order valence-electron chi connectivity index (χ1n) is 14.0. The van der Waals surface area contributed by atoms with Crippen LogP contribution in [0.5, 0.6) is 0 Å². The van der Waals surface area contributed by atoms with Crippen molar-refractivity contribution in [2.45, 2.75) is 149 Å². The van der Waals surface area contributed by atoms with Crippen molar-refractivity contribution in [1.82, 2.24) is 0 Å². The average molecular weight is 469 g/mol. The first-order chi connectivity index (χ1) is 16.0. The third-order valence-electron chi connectivity index (χ3n) is 6.17. The van der Waals surface area contributed by atoms with Crippen LogP contribution in [0.25, 0.3) is 0 Å². The number of hydrogen-bond acceptors (Lipinski definition) is 3. The maximum atomic E-state index is 10.8. The zero-order chi connectivity index (χ0) is 25.0. The number of unbranched alkanes of at least 4 members (excludes halogenated alkanes) is 15. The standard InChI is InChI=1S/C18H36O2.C11H20O2/c1-2-3-4-5-6-7-8-9-10-11-12-13-14-15-16-17-18(19)20;1-4-7-8-10(5-2)9-13-11(12)6-3/h2-17H2,1H3,(H,19,20);6,10H,3-5,7-9H2,1-2H3. The fourth-order valence-electron chi connectivity index (χ4n) is 3.80. The van der Waals surface area contributed by atoms with Crippen molar-refractivity contribution in [3.8, 4) is 0 Å². The van der Waals surface area contributed by atoms with Crippen LogP contribution in [0.3, 0.4) is 0 Å². The smallest absolute Gasteiger partial charge is 0.330 e. The number of carboxylic acids is 1. The van der Waals surface area contributed by atoms with Crippen molar-refractivity contribution in [3.05, 3.63) is 12.7 Å². The molecule has 196 valence electrons. The molecule has 0 aromatic carbocycles. The molecule has 0 aromatic heterocycles. The number of ether oxygens (including phenoxy) is 1. The van der Waals surface area contributed by atoms with Crippen molar-refractivity contribution in [2.24, 2.45) is 5.92 Å². The summed E-state index contributed by atoms with van der Waals surface area (Å²) in [7, 11) is 0. The lowest BCUT2D eigenvalue weighted by atomic mass is 10.0. The van der Waals surface area contributed by atoms with E-state index < -0.39 is 5.97 Å². The van der Waals surface area contributed by atoms with Crippen molar-refractivity contribution in [1.29, 1.82) is 0 Å². The van der Waals surface area contributed by atoms with Crippen molar-refractivity contribution in [3.63, 3.8) is 0 Å². The summed E-state index contributed by atoms with van der Waals surface area (Å²) >= 11 is 0. The number of rotatable bonds is 23. The largest absolute Gasteiger partial charge is 0.481 e. The zero-order valence-corrected chi connectivity index (χ0v) is 22.4. The van der Waals surface area contributed by atoms with E-state index in [1.807, 2.05) is 0 Å². The molecule has 0 radical (unpaired) electrons. The summed E-state index contributed by atoms with van der Waals surface area (Å²) in [4.78, 5) is 21.1. The van der Waals surface area contributed by atoms with E-state index in [0.29, 0.717) is 18.9 Å². The quantitative estimate of drug-likeness (QED) is 0.0921. The molecule has 4 nitrogen and oxygen atoms in total. The molecule has 0 saturated heterocycles. The van der Waals surface area contributed by atoms with Gasteiger partial charge in [-0.3, -0.25) is 4.79 Å². The molecule has 4 heteroatoms. The molecule has 0 aliphatic rings. The van der Waals surface area contributed by atoms with Crippen LogP contribution in [0, 0.1) is 5.92 Å². The molecule has 0 aliphatic heterocycles. The molecule has 0 amide bonds. The van der Waals surface area contributed by atoms with Gasteiger partial charge in [-0.15, -0.1) is 0 Å². The second-order valence-corrected chi connectivity index (χ2v) is 9.34. The number of carboxylic acid groups (broad SMARTS) is 1. The van der Waals surface area contributed by atoms with Gasteiger partial charge in [0.15, 0.2) is 0 Å². The molecule has 0 spiro atoms. The Morgan fingerprint density at radius 3 is 1.52 bits per heavy atom. The van der Waals surface area contributed by atoms with Crippen LogP contribution < -0.4 is 0 Å². The maximum absolute atomic E-state index is 10.8. The van der Waals surface area contributed by atoms with Gasteiger partial charge in [-0.05, 0) is 18.8 Å². The Morgan fingerprint density at radius 2 is 1.15 bits per heavy atom. The Hall–Kier alpha value is -1.32. The van der Waals surface area contributed by atoms with Crippen LogP contribution in [-0.4, -0.2) is 23.7 Å². The predicted octanol–water partition coefficient (Wildman–Crippen LogP) is 9.26. The third-order valence-corrected chi connectivity index (χ3v) is 6.17. The van der Waals surface area contributed by atoms with Gasteiger partial charge in [0.05, 0.1) is 6.61 Å². The highest BCUT2D eigenvalue weighted by molar-refractivity contribution is 5.81. The second kappa shape index (κ2) is 28.7. The SMILES string of the molecule is C=CC(=O)OCC(CC)CCCC.CCCCCCCCCCCCCCCCCC(=O)O. The summed E-state index contributed by atoms with van der Waals surface area (Å²) in [6, 6.07) is 0. The number of esters is 1. The van der Waals surface area contributed by atoms with E-state index in [0.717, 1.165) is 25.7 Å². The molecule has 0 aliphatic carbocycles. The fraction of sp³-hybridized carbons (Fsp3) is 0.862. The van der Waals surface area contributed by atoms with E-state index in [4.69, 9.17) is 9.84 Å². The Labute approximate surface area is 206 Å². The van der Waals surface area contributed by atoms with Crippen molar-refractivity contribution >= 4 is 11.9 Å². The molecule has 0 saturated carbocycles. The van der Waals surface area contributed by atoms with Crippen LogP contribution in [0.1, 0.15) is 149 Å².